The maximum atomic E-state index is 8.87. The van der Waals surface area contributed by atoms with Crippen LogP contribution in [0.15, 0.2) is 36.1 Å². The molecular weight excluding hydrogens is 198 g/mol. The molecule has 0 saturated carbocycles. The smallest absolute Gasteiger partial charge is 0.193 e. The third-order valence-electron chi connectivity index (χ3n) is 2.85. The standard InChI is InChI=1S/C14H15NO/c1-10-3-5-12(6-4-10)14-8-11(2)7-13(9-15)16-14/h3-7,11,14H,8H2,1-2H3/t11-,14+/m0/s1. The first-order valence-electron chi connectivity index (χ1n) is 5.54. The molecule has 0 aromatic heterocycles. The second kappa shape index (κ2) is 4.40. The van der Waals surface area contributed by atoms with Gasteiger partial charge in [-0.1, -0.05) is 36.8 Å². The quantitative estimate of drug-likeness (QED) is 0.715. The van der Waals surface area contributed by atoms with Crippen molar-refractivity contribution in [2.45, 2.75) is 26.4 Å². The van der Waals surface area contributed by atoms with Gasteiger partial charge < -0.3 is 4.74 Å². The Kier molecular flexibility index (Phi) is 2.96. The molecule has 0 aliphatic carbocycles. The predicted octanol–water partition coefficient (Wildman–Crippen LogP) is 3.50. The zero-order valence-corrected chi connectivity index (χ0v) is 9.60. The number of ether oxygens (including phenoxy) is 1. The molecule has 1 aromatic carbocycles. The molecule has 0 spiro atoms. The van der Waals surface area contributed by atoms with Crippen molar-refractivity contribution in [2.24, 2.45) is 5.92 Å². The number of nitrogens with zero attached hydrogens (tertiary/aromatic N) is 1. The Morgan fingerprint density at radius 1 is 1.31 bits per heavy atom. The highest BCUT2D eigenvalue weighted by atomic mass is 16.5. The van der Waals surface area contributed by atoms with E-state index >= 15 is 0 Å². The lowest BCUT2D eigenvalue weighted by molar-refractivity contribution is 0.0923. The van der Waals surface area contributed by atoms with E-state index in [0.717, 1.165) is 12.0 Å². The molecule has 0 saturated heterocycles. The normalized spacial score (nSPS) is 24.2. The van der Waals surface area contributed by atoms with Gasteiger partial charge in [0.15, 0.2) is 5.76 Å². The van der Waals surface area contributed by atoms with Crippen molar-refractivity contribution in [3.05, 3.63) is 47.2 Å². The number of aryl methyl sites for hydroxylation is 1. The van der Waals surface area contributed by atoms with Crippen LogP contribution in [0.4, 0.5) is 0 Å². The minimum atomic E-state index is 0.0234. The molecule has 1 heterocycles. The first kappa shape index (κ1) is 10.8. The van der Waals surface area contributed by atoms with E-state index in [-0.39, 0.29) is 6.10 Å². The highest BCUT2D eigenvalue weighted by Crippen LogP contribution is 2.32. The van der Waals surface area contributed by atoms with Gasteiger partial charge in [-0.25, -0.2) is 0 Å². The molecular formula is C14H15NO. The van der Waals surface area contributed by atoms with Crippen molar-refractivity contribution in [2.75, 3.05) is 0 Å². The lowest BCUT2D eigenvalue weighted by Gasteiger charge is -2.25. The molecule has 0 unspecified atom stereocenters. The van der Waals surface area contributed by atoms with Crippen molar-refractivity contribution in [1.82, 2.24) is 0 Å². The average molecular weight is 213 g/mol. The number of benzene rings is 1. The molecule has 2 heteroatoms. The largest absolute Gasteiger partial charge is 0.476 e. The third-order valence-corrected chi connectivity index (χ3v) is 2.85. The monoisotopic (exact) mass is 213 g/mol. The number of hydrogen-bond donors (Lipinski definition) is 0. The van der Waals surface area contributed by atoms with Crippen molar-refractivity contribution in [3.63, 3.8) is 0 Å². The van der Waals surface area contributed by atoms with Gasteiger partial charge in [0.25, 0.3) is 0 Å². The van der Waals surface area contributed by atoms with Crippen LogP contribution in [0.3, 0.4) is 0 Å². The summed E-state index contributed by atoms with van der Waals surface area (Å²) >= 11 is 0. The minimum absolute atomic E-state index is 0.0234. The molecule has 2 rings (SSSR count). The Morgan fingerprint density at radius 3 is 2.62 bits per heavy atom. The summed E-state index contributed by atoms with van der Waals surface area (Å²) in [5.41, 5.74) is 2.39. The van der Waals surface area contributed by atoms with Crippen LogP contribution in [0.2, 0.25) is 0 Å². The summed E-state index contributed by atoms with van der Waals surface area (Å²) in [7, 11) is 0. The Balaban J connectivity index is 2.21. The second-order valence-electron chi connectivity index (χ2n) is 4.37. The molecule has 2 nitrogen and oxygen atoms in total. The topological polar surface area (TPSA) is 33.0 Å². The zero-order valence-electron chi connectivity index (χ0n) is 9.60. The van der Waals surface area contributed by atoms with Crippen molar-refractivity contribution >= 4 is 0 Å². The van der Waals surface area contributed by atoms with Crippen LogP contribution in [0, 0.1) is 24.2 Å². The molecule has 1 aliphatic heterocycles. The van der Waals surface area contributed by atoms with Gasteiger partial charge in [-0.05, 0) is 30.9 Å². The fraction of sp³-hybridized carbons (Fsp3) is 0.357. The van der Waals surface area contributed by atoms with E-state index in [0.29, 0.717) is 11.7 Å². The van der Waals surface area contributed by atoms with Crippen molar-refractivity contribution in [1.29, 1.82) is 5.26 Å². The Bertz CT molecular complexity index is 439. The fourth-order valence-corrected chi connectivity index (χ4v) is 1.95. The molecule has 0 amide bonds. The van der Waals surface area contributed by atoms with Crippen LogP contribution in [0.1, 0.15) is 30.6 Å². The van der Waals surface area contributed by atoms with Crippen molar-refractivity contribution < 1.29 is 4.74 Å². The maximum absolute atomic E-state index is 8.87. The van der Waals surface area contributed by atoms with Gasteiger partial charge in [-0.2, -0.15) is 5.26 Å². The van der Waals surface area contributed by atoms with Gasteiger partial charge in [0.2, 0.25) is 0 Å². The lowest BCUT2D eigenvalue weighted by atomic mass is 9.95. The number of allylic oxidation sites excluding steroid dienone is 2. The van der Waals surface area contributed by atoms with E-state index in [4.69, 9.17) is 10.00 Å². The van der Waals surface area contributed by atoms with Gasteiger partial charge in [-0.15, -0.1) is 0 Å². The highest BCUT2D eigenvalue weighted by molar-refractivity contribution is 5.26. The number of nitriles is 1. The van der Waals surface area contributed by atoms with Gasteiger partial charge in [0, 0.05) is 0 Å². The van der Waals surface area contributed by atoms with E-state index in [1.165, 1.54) is 5.56 Å². The second-order valence-corrected chi connectivity index (χ2v) is 4.37. The van der Waals surface area contributed by atoms with Crippen LogP contribution >= 0.6 is 0 Å². The average Bonchev–Trinajstić information content (AvgIpc) is 2.29. The maximum Gasteiger partial charge on any atom is 0.193 e. The summed E-state index contributed by atoms with van der Waals surface area (Å²) in [5.74, 6) is 0.846. The van der Waals surface area contributed by atoms with E-state index < -0.39 is 0 Å². The molecule has 1 aromatic rings. The summed E-state index contributed by atoms with van der Waals surface area (Å²) in [5, 5.41) is 8.87. The van der Waals surface area contributed by atoms with Gasteiger partial charge >= 0.3 is 0 Å². The lowest BCUT2D eigenvalue weighted by Crippen LogP contribution is -2.13. The summed E-state index contributed by atoms with van der Waals surface area (Å²) in [6.07, 6.45) is 2.86. The zero-order chi connectivity index (χ0) is 11.5. The van der Waals surface area contributed by atoms with Crippen molar-refractivity contribution in [3.8, 4) is 6.07 Å². The summed E-state index contributed by atoms with van der Waals surface area (Å²) in [6, 6.07) is 10.4. The molecule has 16 heavy (non-hydrogen) atoms. The van der Waals surface area contributed by atoms with E-state index in [1.54, 1.807) is 0 Å². The Hall–Kier alpha value is -1.75. The van der Waals surface area contributed by atoms with Crippen LogP contribution in [-0.2, 0) is 4.74 Å². The fourth-order valence-electron chi connectivity index (χ4n) is 1.95. The SMILES string of the molecule is Cc1ccc([C@H]2C[C@@H](C)C=C(C#N)O2)cc1. The Morgan fingerprint density at radius 2 is 2.00 bits per heavy atom. The molecule has 1 aliphatic rings. The van der Waals surface area contributed by atoms with Crippen LogP contribution in [0.25, 0.3) is 0 Å². The summed E-state index contributed by atoms with van der Waals surface area (Å²) in [6.45, 7) is 4.18. The minimum Gasteiger partial charge on any atom is -0.476 e. The summed E-state index contributed by atoms with van der Waals surface area (Å²) < 4.78 is 5.63. The van der Waals surface area contributed by atoms with E-state index in [1.807, 2.05) is 6.08 Å². The first-order valence-corrected chi connectivity index (χ1v) is 5.54. The molecule has 0 N–H and O–H groups in total. The molecule has 82 valence electrons. The van der Waals surface area contributed by atoms with Crippen LogP contribution in [0.5, 0.6) is 0 Å². The number of rotatable bonds is 1. The summed E-state index contributed by atoms with van der Waals surface area (Å²) in [4.78, 5) is 0. The molecule has 0 bridgehead atoms. The van der Waals surface area contributed by atoms with Gasteiger partial charge in [0.1, 0.15) is 12.2 Å². The van der Waals surface area contributed by atoms with E-state index in [2.05, 4.69) is 44.2 Å². The number of hydrogen-bond acceptors (Lipinski definition) is 2. The Labute approximate surface area is 96.2 Å². The highest BCUT2D eigenvalue weighted by Gasteiger charge is 2.22. The van der Waals surface area contributed by atoms with Crippen LogP contribution in [-0.4, -0.2) is 0 Å². The molecule has 2 atom stereocenters. The predicted molar refractivity (Wildman–Crippen MR) is 62.5 cm³/mol. The molecule has 0 fully saturated rings. The van der Waals surface area contributed by atoms with Gasteiger partial charge in [0.05, 0.1) is 0 Å². The van der Waals surface area contributed by atoms with Gasteiger partial charge in [-0.3, -0.25) is 0 Å². The first-order chi connectivity index (χ1) is 7.69. The third kappa shape index (κ3) is 2.25. The van der Waals surface area contributed by atoms with Crippen LogP contribution < -0.4 is 0 Å². The van der Waals surface area contributed by atoms with E-state index in [9.17, 15) is 0 Å². The molecule has 0 radical (unpaired) electrons.